The summed E-state index contributed by atoms with van der Waals surface area (Å²) in [7, 11) is 7.49. The normalized spacial score (nSPS) is 22.8. The molecule has 0 radical (unpaired) electrons. The van der Waals surface area contributed by atoms with Crippen LogP contribution in [0.5, 0.6) is 23.0 Å². The average molecular weight is 1240 g/mol. The Labute approximate surface area is 526 Å². The van der Waals surface area contributed by atoms with Gasteiger partial charge in [0.15, 0.2) is 18.1 Å². The number of carbonyl (C=O) groups is 9. The highest BCUT2D eigenvalue weighted by Gasteiger charge is 2.45. The molecule has 0 aliphatic carbocycles. The highest BCUT2D eigenvalue weighted by atomic mass is 16.5. The van der Waals surface area contributed by atoms with Crippen molar-refractivity contribution in [3.8, 4) is 23.0 Å². The molecule has 0 spiro atoms. The van der Waals surface area contributed by atoms with E-state index in [0.29, 0.717) is 60.3 Å². The van der Waals surface area contributed by atoms with E-state index in [1.54, 1.807) is 101 Å². The Bertz CT molecular complexity index is 3240. The number of carbonyl (C=O) groups excluding carboxylic acids is 9. The smallest absolute Gasteiger partial charge is 0.330 e. The third kappa shape index (κ3) is 18.0. The maximum absolute atomic E-state index is 15.3. The molecular weight excluding hydrogens is 1160 g/mol. The first-order valence-corrected chi connectivity index (χ1v) is 30.5. The molecule has 4 aromatic rings. The summed E-state index contributed by atoms with van der Waals surface area (Å²) in [6.07, 6.45) is 4.50. The number of phenolic OH excluding ortho intramolecular Hbond substituents is 1. The first-order chi connectivity index (χ1) is 42.8. The van der Waals surface area contributed by atoms with Crippen LogP contribution in [0.3, 0.4) is 0 Å². The molecule has 4 aromatic carbocycles. The number of aryl methyl sites for hydroxylation is 1. The number of hydrogen-bond acceptors (Lipinski definition) is 16. The van der Waals surface area contributed by atoms with Crippen molar-refractivity contribution in [1.29, 1.82) is 0 Å². The van der Waals surface area contributed by atoms with Crippen LogP contribution in [-0.4, -0.2) is 187 Å². The van der Waals surface area contributed by atoms with Crippen LogP contribution in [-0.2, 0) is 70.2 Å². The van der Waals surface area contributed by atoms with Gasteiger partial charge in [-0.2, -0.15) is 0 Å². The molecule has 2 N–H and O–H groups in total. The molecule has 2 saturated heterocycles. The first-order valence-electron chi connectivity index (χ1n) is 30.5. The summed E-state index contributed by atoms with van der Waals surface area (Å²) in [5.41, 5.74) is -0.0665. The van der Waals surface area contributed by atoms with Gasteiger partial charge in [-0.3, -0.25) is 33.6 Å². The van der Waals surface area contributed by atoms with E-state index in [1.807, 2.05) is 12.1 Å². The first kappa shape index (κ1) is 68.7. The van der Waals surface area contributed by atoms with Crippen molar-refractivity contribution in [2.24, 2.45) is 5.41 Å². The molecule has 484 valence electrons. The van der Waals surface area contributed by atoms with Crippen molar-refractivity contribution < 1.29 is 76.7 Å². The van der Waals surface area contributed by atoms with Gasteiger partial charge in [-0.05, 0) is 145 Å². The Morgan fingerprint density at radius 1 is 0.678 bits per heavy atom. The molecule has 2 fully saturated rings. The standard InChI is InChI=1S/C68H86N6O16/c1-67(2,3)89-41-53-63(81)73-37-19-25-50(73)62(80)70(6)35-16-15-26-58(77)88-43-68(4,5)60(78)65(83)74-36-17-14-24-51(74)66(84)90-54(33-29-45-30-34-55(85-9)56(39-45)86-10)47-22-18-23-49(40-47)87-42-57(76)71(7)52(38-44-27-31-48(75)32-28-44)61(79)69-59(64(82)72(53)8)46-20-12-11-13-21-46/h11-13,15,18,20-23,26-28,30-32,34,39-40,50-54,59,75H,14,16-17,19,24-25,29,33,35-38,41-43H2,1-10H3,(H,69,79)/t50-,51-,52-,53-,54+,59?/m0/s1. The summed E-state index contributed by atoms with van der Waals surface area (Å²) >= 11 is 0. The topological polar surface area (TPSA) is 257 Å². The average Bonchev–Trinajstić information content (AvgIpc) is 2.19. The highest BCUT2D eigenvalue weighted by Crippen LogP contribution is 2.34. The zero-order valence-corrected chi connectivity index (χ0v) is 53.3. The number of esters is 2. The summed E-state index contributed by atoms with van der Waals surface area (Å²) in [5, 5.41) is 13.1. The molecule has 3 heterocycles. The number of nitrogens with zero attached hydrogens (tertiary/aromatic N) is 5. The van der Waals surface area contributed by atoms with Gasteiger partial charge in [0.05, 0.1) is 31.8 Å². The lowest BCUT2D eigenvalue weighted by atomic mass is 9.87. The molecular formula is C68H86N6O16. The SMILES string of the molecule is COc1ccc(CC[C@H]2OC(=O)[C@@H]3CCCCN3C(=O)C(=O)C(C)(C)COC(=O)C=CCCN(C)C(=O)[C@@H]3CCCN3C(=O)[C@H](COC(C)(C)C)N(C)C(=O)C(c3ccccc3)NC(=O)[C@H](Cc3ccc(O)cc3)N(C)C(=O)COc3cccc2c3)cc1OC. The number of fused-ring (bicyclic) bond motifs is 4. The fourth-order valence-corrected chi connectivity index (χ4v) is 11.0. The van der Waals surface area contributed by atoms with E-state index in [1.165, 1.54) is 90.9 Å². The van der Waals surface area contributed by atoms with Gasteiger partial charge in [0.1, 0.15) is 54.4 Å². The van der Waals surface area contributed by atoms with E-state index in [9.17, 15) is 33.9 Å². The van der Waals surface area contributed by atoms with Crippen LogP contribution in [0.2, 0.25) is 0 Å². The predicted molar refractivity (Wildman–Crippen MR) is 332 cm³/mol. The quantitative estimate of drug-likeness (QED) is 0.127. The third-order valence-corrected chi connectivity index (χ3v) is 16.5. The lowest BCUT2D eigenvalue weighted by Gasteiger charge is -2.37. The number of cyclic esters (lactones) is 2. The summed E-state index contributed by atoms with van der Waals surface area (Å²) in [6.45, 7) is 7.46. The van der Waals surface area contributed by atoms with Crippen molar-refractivity contribution in [3.63, 3.8) is 0 Å². The molecule has 90 heavy (non-hydrogen) atoms. The number of aromatic hydroxyl groups is 1. The van der Waals surface area contributed by atoms with Gasteiger partial charge < -0.3 is 63.3 Å². The molecule has 1 unspecified atom stereocenters. The van der Waals surface area contributed by atoms with E-state index in [4.69, 9.17) is 28.4 Å². The molecule has 2 bridgehead atoms. The number of rotatable bonds is 10. The Balaban J connectivity index is 1.25. The van der Waals surface area contributed by atoms with E-state index in [0.717, 1.165) is 5.56 Å². The van der Waals surface area contributed by atoms with Crippen LogP contribution in [0, 0.1) is 5.41 Å². The van der Waals surface area contributed by atoms with Crippen molar-refractivity contribution in [2.75, 3.05) is 74.8 Å². The van der Waals surface area contributed by atoms with Crippen LogP contribution in [0.15, 0.2) is 109 Å². The monoisotopic (exact) mass is 1240 g/mol. The second-order valence-corrected chi connectivity index (χ2v) is 24.6. The van der Waals surface area contributed by atoms with Crippen LogP contribution >= 0.6 is 0 Å². The van der Waals surface area contributed by atoms with Gasteiger partial charge in [-0.15, -0.1) is 0 Å². The molecule has 0 aromatic heterocycles. The highest BCUT2D eigenvalue weighted by molar-refractivity contribution is 6.38. The Morgan fingerprint density at radius 3 is 2.06 bits per heavy atom. The molecule has 6 atom stereocenters. The van der Waals surface area contributed by atoms with E-state index < -0.39 is 108 Å². The van der Waals surface area contributed by atoms with Crippen LogP contribution in [0.25, 0.3) is 0 Å². The van der Waals surface area contributed by atoms with E-state index in [2.05, 4.69) is 5.32 Å². The van der Waals surface area contributed by atoms with Gasteiger partial charge in [0, 0.05) is 53.3 Å². The molecule has 22 heteroatoms. The van der Waals surface area contributed by atoms with Crippen LogP contribution < -0.4 is 19.5 Å². The second-order valence-electron chi connectivity index (χ2n) is 24.6. The van der Waals surface area contributed by atoms with Crippen LogP contribution in [0.4, 0.5) is 0 Å². The minimum atomic E-state index is -1.51. The molecule has 7 rings (SSSR count). The second kappa shape index (κ2) is 31.1. The number of phenols is 1. The van der Waals surface area contributed by atoms with Gasteiger partial charge in [0.2, 0.25) is 29.4 Å². The van der Waals surface area contributed by atoms with Crippen molar-refractivity contribution in [3.05, 3.63) is 131 Å². The molecule has 3 aliphatic heterocycles. The third-order valence-electron chi connectivity index (χ3n) is 16.5. The number of likely N-dealkylation sites (N-methyl/N-ethyl adjacent to an activating group) is 3. The van der Waals surface area contributed by atoms with E-state index >= 15 is 14.4 Å². The Morgan fingerprint density at radius 2 is 1.36 bits per heavy atom. The molecule has 3 aliphatic rings. The number of piperidine rings is 1. The summed E-state index contributed by atoms with van der Waals surface area (Å²) in [4.78, 5) is 137. The van der Waals surface area contributed by atoms with Gasteiger partial charge in [-0.1, -0.05) is 66.7 Å². The summed E-state index contributed by atoms with van der Waals surface area (Å²) in [6, 6.07) is 20.6. The number of hydrogen-bond donors (Lipinski definition) is 2. The maximum Gasteiger partial charge on any atom is 0.330 e. The maximum atomic E-state index is 15.3. The number of nitrogens with one attached hydrogen (secondary N) is 1. The number of methoxy groups -OCH3 is 2. The van der Waals surface area contributed by atoms with Crippen molar-refractivity contribution >= 4 is 53.2 Å². The lowest BCUT2D eigenvalue weighted by Crippen LogP contribution is -2.58. The Kier molecular flexibility index (Phi) is 23.7. The molecule has 6 amide bonds. The number of Topliss-reactive ketones (excluding diaryl/α,β-unsaturated/α-hetero) is 1. The lowest BCUT2D eigenvalue weighted by molar-refractivity contribution is -0.165. The molecule has 22 nitrogen and oxygen atoms in total. The number of benzene rings is 4. The van der Waals surface area contributed by atoms with Gasteiger partial charge in [-0.25, -0.2) is 9.59 Å². The number of amides is 6. The van der Waals surface area contributed by atoms with Crippen molar-refractivity contribution in [1.82, 2.24) is 29.8 Å². The minimum absolute atomic E-state index is 0.0259. The van der Waals surface area contributed by atoms with Gasteiger partial charge >= 0.3 is 11.9 Å². The number of ether oxygens (including phenoxy) is 6. The van der Waals surface area contributed by atoms with Crippen LogP contribution in [0.1, 0.15) is 114 Å². The van der Waals surface area contributed by atoms with Gasteiger partial charge in [0.25, 0.3) is 11.8 Å². The molecule has 0 saturated carbocycles. The number of ketones is 1. The largest absolute Gasteiger partial charge is 0.508 e. The summed E-state index contributed by atoms with van der Waals surface area (Å²) in [5.74, 6) is -5.18. The van der Waals surface area contributed by atoms with E-state index in [-0.39, 0.29) is 69.3 Å². The zero-order chi connectivity index (χ0) is 65.5. The Hall–Kier alpha value is -8.79. The van der Waals surface area contributed by atoms with Crippen molar-refractivity contribution in [2.45, 2.75) is 134 Å². The summed E-state index contributed by atoms with van der Waals surface area (Å²) < 4.78 is 35.3. The fraction of sp³-hybridized carbons (Fsp3) is 0.485. The fourth-order valence-electron chi connectivity index (χ4n) is 11.0. The predicted octanol–water partition coefficient (Wildman–Crippen LogP) is 6.50. The zero-order valence-electron chi connectivity index (χ0n) is 53.3. The minimum Gasteiger partial charge on any atom is -0.508 e.